The van der Waals surface area contributed by atoms with Gasteiger partial charge in [-0.2, -0.15) is 0 Å². The van der Waals surface area contributed by atoms with Crippen molar-refractivity contribution in [2.45, 2.75) is 6.54 Å². The lowest BCUT2D eigenvalue weighted by molar-refractivity contribution is 0.171. The molecule has 0 bridgehead atoms. The molecule has 0 aliphatic carbocycles. The van der Waals surface area contributed by atoms with Crippen molar-refractivity contribution in [3.05, 3.63) is 35.5 Å². The number of thiazole rings is 1. The SMILES string of the molecule is NCc1cnc2scc(-c3ccc4c(c3)OCCO4)n12. The van der Waals surface area contributed by atoms with Crippen LogP contribution >= 0.6 is 11.3 Å². The molecule has 1 aromatic carbocycles. The smallest absolute Gasteiger partial charge is 0.194 e. The normalized spacial score (nSPS) is 13.8. The molecular weight excluding hydrogens is 274 g/mol. The van der Waals surface area contributed by atoms with E-state index in [0.29, 0.717) is 19.8 Å². The Morgan fingerprint density at radius 3 is 2.95 bits per heavy atom. The van der Waals surface area contributed by atoms with Crippen LogP contribution in [0.15, 0.2) is 29.8 Å². The molecule has 3 heterocycles. The van der Waals surface area contributed by atoms with E-state index in [-0.39, 0.29) is 0 Å². The Balaban J connectivity index is 1.88. The highest BCUT2D eigenvalue weighted by Gasteiger charge is 2.15. The summed E-state index contributed by atoms with van der Waals surface area (Å²) >= 11 is 1.61. The van der Waals surface area contributed by atoms with Crippen LogP contribution in [0.2, 0.25) is 0 Å². The molecule has 0 radical (unpaired) electrons. The second-order valence-electron chi connectivity index (χ2n) is 4.55. The predicted molar refractivity (Wildman–Crippen MR) is 77.4 cm³/mol. The van der Waals surface area contributed by atoms with Crippen LogP contribution in [0.25, 0.3) is 16.2 Å². The van der Waals surface area contributed by atoms with E-state index in [9.17, 15) is 0 Å². The fourth-order valence-corrected chi connectivity index (χ4v) is 3.31. The van der Waals surface area contributed by atoms with Crippen molar-refractivity contribution in [2.75, 3.05) is 13.2 Å². The van der Waals surface area contributed by atoms with Gasteiger partial charge in [0.1, 0.15) is 13.2 Å². The molecule has 4 rings (SSSR count). The van der Waals surface area contributed by atoms with Gasteiger partial charge in [0.2, 0.25) is 0 Å². The number of fused-ring (bicyclic) bond motifs is 2. The quantitative estimate of drug-likeness (QED) is 0.785. The molecular formula is C14H13N3O2S. The molecule has 3 aromatic rings. The summed E-state index contributed by atoms with van der Waals surface area (Å²) in [5.74, 6) is 1.60. The van der Waals surface area contributed by atoms with E-state index < -0.39 is 0 Å². The molecule has 2 aromatic heterocycles. The lowest BCUT2D eigenvalue weighted by Gasteiger charge is -2.18. The average molecular weight is 287 g/mol. The zero-order valence-electron chi connectivity index (χ0n) is 10.7. The Bertz CT molecular complexity index is 778. The van der Waals surface area contributed by atoms with Gasteiger partial charge < -0.3 is 15.2 Å². The summed E-state index contributed by atoms with van der Waals surface area (Å²) in [6, 6.07) is 6.00. The molecule has 1 aliphatic rings. The Morgan fingerprint density at radius 1 is 1.25 bits per heavy atom. The Kier molecular flexibility index (Phi) is 2.64. The molecule has 2 N–H and O–H groups in total. The summed E-state index contributed by atoms with van der Waals surface area (Å²) in [7, 11) is 0. The molecule has 0 spiro atoms. The molecule has 0 saturated carbocycles. The van der Waals surface area contributed by atoms with Gasteiger partial charge in [0.15, 0.2) is 16.5 Å². The molecule has 0 unspecified atom stereocenters. The molecule has 102 valence electrons. The lowest BCUT2D eigenvalue weighted by atomic mass is 10.1. The maximum absolute atomic E-state index is 5.78. The number of hydrogen-bond acceptors (Lipinski definition) is 5. The average Bonchev–Trinajstić information content (AvgIpc) is 3.08. The molecule has 1 aliphatic heterocycles. The maximum Gasteiger partial charge on any atom is 0.194 e. The zero-order chi connectivity index (χ0) is 13.5. The van der Waals surface area contributed by atoms with E-state index in [2.05, 4.69) is 14.8 Å². The van der Waals surface area contributed by atoms with Gasteiger partial charge in [-0.3, -0.25) is 4.40 Å². The van der Waals surface area contributed by atoms with Crippen molar-refractivity contribution >= 4 is 16.3 Å². The van der Waals surface area contributed by atoms with E-state index in [1.807, 2.05) is 24.4 Å². The minimum Gasteiger partial charge on any atom is -0.486 e. The van der Waals surface area contributed by atoms with E-state index in [0.717, 1.165) is 33.4 Å². The van der Waals surface area contributed by atoms with Gasteiger partial charge in [-0.25, -0.2) is 4.98 Å². The summed E-state index contributed by atoms with van der Waals surface area (Å²) in [4.78, 5) is 5.32. The zero-order valence-corrected chi connectivity index (χ0v) is 11.5. The number of rotatable bonds is 2. The first-order valence-corrected chi connectivity index (χ1v) is 7.28. The maximum atomic E-state index is 5.78. The number of benzene rings is 1. The third kappa shape index (κ3) is 1.69. The largest absolute Gasteiger partial charge is 0.486 e. The molecule has 0 atom stereocenters. The molecule has 5 nitrogen and oxygen atoms in total. The molecule has 6 heteroatoms. The highest BCUT2D eigenvalue weighted by atomic mass is 32.1. The lowest BCUT2D eigenvalue weighted by Crippen LogP contribution is -2.15. The second-order valence-corrected chi connectivity index (χ2v) is 5.39. The molecule has 0 saturated heterocycles. The summed E-state index contributed by atoms with van der Waals surface area (Å²) in [5.41, 5.74) is 8.94. The third-order valence-electron chi connectivity index (χ3n) is 3.37. The summed E-state index contributed by atoms with van der Waals surface area (Å²) in [5, 5.41) is 2.09. The van der Waals surface area contributed by atoms with Gasteiger partial charge in [0.05, 0.1) is 17.6 Å². The fourth-order valence-electron chi connectivity index (χ4n) is 2.41. The predicted octanol–water partition coefficient (Wildman–Crippen LogP) is 2.29. The van der Waals surface area contributed by atoms with Gasteiger partial charge in [-0.15, -0.1) is 11.3 Å². The Hall–Kier alpha value is -2.05. The van der Waals surface area contributed by atoms with Crippen molar-refractivity contribution in [1.82, 2.24) is 9.38 Å². The molecule has 0 fully saturated rings. The Morgan fingerprint density at radius 2 is 2.10 bits per heavy atom. The highest BCUT2D eigenvalue weighted by molar-refractivity contribution is 7.15. The molecule has 20 heavy (non-hydrogen) atoms. The number of ether oxygens (including phenoxy) is 2. The number of imidazole rings is 1. The first-order chi connectivity index (χ1) is 9.86. The van der Waals surface area contributed by atoms with Crippen molar-refractivity contribution in [3.8, 4) is 22.8 Å². The van der Waals surface area contributed by atoms with Crippen LogP contribution in [0.5, 0.6) is 11.5 Å². The van der Waals surface area contributed by atoms with Crippen LogP contribution in [0.1, 0.15) is 5.69 Å². The van der Waals surface area contributed by atoms with Crippen LogP contribution in [0.3, 0.4) is 0 Å². The van der Waals surface area contributed by atoms with Gasteiger partial charge in [0, 0.05) is 17.5 Å². The van der Waals surface area contributed by atoms with E-state index in [4.69, 9.17) is 15.2 Å². The second kappa shape index (κ2) is 4.50. The van der Waals surface area contributed by atoms with Gasteiger partial charge >= 0.3 is 0 Å². The van der Waals surface area contributed by atoms with E-state index >= 15 is 0 Å². The minimum atomic E-state index is 0.468. The first kappa shape index (κ1) is 11.7. The van der Waals surface area contributed by atoms with E-state index in [1.54, 1.807) is 11.3 Å². The van der Waals surface area contributed by atoms with Crippen molar-refractivity contribution in [1.29, 1.82) is 0 Å². The minimum absolute atomic E-state index is 0.468. The number of nitrogens with zero attached hydrogens (tertiary/aromatic N) is 2. The topological polar surface area (TPSA) is 61.8 Å². The number of hydrogen-bond donors (Lipinski definition) is 1. The summed E-state index contributed by atoms with van der Waals surface area (Å²) in [6.07, 6.45) is 1.83. The van der Waals surface area contributed by atoms with Gasteiger partial charge in [-0.1, -0.05) is 0 Å². The van der Waals surface area contributed by atoms with Crippen LogP contribution < -0.4 is 15.2 Å². The fraction of sp³-hybridized carbons (Fsp3) is 0.214. The van der Waals surface area contributed by atoms with Crippen LogP contribution in [-0.4, -0.2) is 22.6 Å². The standard InChI is InChI=1S/C14H13N3O2S/c15-6-10-7-16-14-17(10)11(8-20-14)9-1-2-12-13(5-9)19-4-3-18-12/h1-2,5,7-8H,3-4,6,15H2. The van der Waals surface area contributed by atoms with Gasteiger partial charge in [-0.05, 0) is 18.2 Å². The van der Waals surface area contributed by atoms with Crippen LogP contribution in [0.4, 0.5) is 0 Å². The third-order valence-corrected chi connectivity index (χ3v) is 4.21. The van der Waals surface area contributed by atoms with Crippen molar-refractivity contribution in [2.24, 2.45) is 5.73 Å². The van der Waals surface area contributed by atoms with E-state index in [1.165, 1.54) is 0 Å². The number of nitrogens with two attached hydrogens (primary N) is 1. The van der Waals surface area contributed by atoms with Crippen molar-refractivity contribution in [3.63, 3.8) is 0 Å². The monoisotopic (exact) mass is 287 g/mol. The highest BCUT2D eigenvalue weighted by Crippen LogP contribution is 2.36. The Labute approximate surface area is 119 Å². The van der Waals surface area contributed by atoms with Gasteiger partial charge in [0.25, 0.3) is 0 Å². The molecule has 0 amide bonds. The van der Waals surface area contributed by atoms with Crippen molar-refractivity contribution < 1.29 is 9.47 Å². The van der Waals surface area contributed by atoms with Crippen LogP contribution in [0, 0.1) is 0 Å². The first-order valence-electron chi connectivity index (χ1n) is 6.41. The summed E-state index contributed by atoms with van der Waals surface area (Å²) in [6.45, 7) is 1.66. The summed E-state index contributed by atoms with van der Waals surface area (Å²) < 4.78 is 13.3. The van der Waals surface area contributed by atoms with Crippen LogP contribution in [-0.2, 0) is 6.54 Å². The number of aromatic nitrogens is 2.